The Hall–Kier alpha value is -4.76. The molecule has 2 aromatic heterocycles. The quantitative estimate of drug-likeness (QED) is 0.228. The number of aromatic nitrogens is 3. The number of nitrogens with zero attached hydrogens (tertiary/aromatic N) is 4. The molecule has 0 saturated carbocycles. The molecule has 0 aliphatic heterocycles. The molecule has 0 radical (unpaired) electrons. The molecule has 1 unspecified atom stereocenters. The number of carbonyl (C=O) groups excluding carboxylic acids is 1. The van der Waals surface area contributed by atoms with Crippen LogP contribution in [0, 0.1) is 10.1 Å². The molecule has 37 heavy (non-hydrogen) atoms. The summed E-state index contributed by atoms with van der Waals surface area (Å²) in [5, 5.41) is 11.6. The van der Waals surface area contributed by atoms with Gasteiger partial charge in [-0.25, -0.2) is 23.5 Å². The Kier molecular flexibility index (Phi) is 7.59. The van der Waals surface area contributed by atoms with E-state index in [2.05, 4.69) is 9.72 Å². The van der Waals surface area contributed by atoms with Crippen LogP contribution in [0.4, 0.5) is 17.6 Å². The summed E-state index contributed by atoms with van der Waals surface area (Å²) in [7, 11) is 1.84. The molecule has 1 aliphatic carbocycles. The Morgan fingerprint density at radius 3 is 2.62 bits per heavy atom. The van der Waals surface area contributed by atoms with E-state index in [1.54, 1.807) is 0 Å². The minimum absolute atomic E-state index is 0.104. The number of hydrogen-bond acceptors (Lipinski definition) is 9. The van der Waals surface area contributed by atoms with Crippen molar-refractivity contribution in [3.8, 4) is 11.6 Å². The third-order valence-electron chi connectivity index (χ3n) is 4.87. The lowest BCUT2D eigenvalue weighted by Crippen LogP contribution is -2.43. The fourth-order valence-corrected chi connectivity index (χ4v) is 3.12. The SMILES string of the molecule is COC(=O)COc1ncccc1OC1=C([N+](=O)[O-])C=C(F)C(n2c(=O)cc(C(F)(F)F)n(C)c2=O)C=C1. The van der Waals surface area contributed by atoms with Crippen LogP contribution in [0.25, 0.3) is 0 Å². The summed E-state index contributed by atoms with van der Waals surface area (Å²) in [6.45, 7) is -0.586. The molecule has 16 heteroatoms. The maximum atomic E-state index is 15.1. The summed E-state index contributed by atoms with van der Waals surface area (Å²) in [6.07, 6.45) is -1.76. The fraction of sp³-hybridized carbons (Fsp3) is 0.238. The zero-order valence-corrected chi connectivity index (χ0v) is 18.9. The average molecular weight is 528 g/mol. The molecule has 0 amide bonds. The highest BCUT2D eigenvalue weighted by Crippen LogP contribution is 2.32. The Morgan fingerprint density at radius 2 is 2.00 bits per heavy atom. The molecule has 0 fully saturated rings. The van der Waals surface area contributed by atoms with Crippen molar-refractivity contribution in [2.75, 3.05) is 13.7 Å². The van der Waals surface area contributed by atoms with Gasteiger partial charge in [0, 0.05) is 19.3 Å². The van der Waals surface area contributed by atoms with Crippen LogP contribution in [0.15, 0.2) is 69.5 Å². The third kappa shape index (κ3) is 5.74. The van der Waals surface area contributed by atoms with Gasteiger partial charge >= 0.3 is 23.5 Å². The molecule has 0 N–H and O–H groups in total. The van der Waals surface area contributed by atoms with Crippen LogP contribution in [0.3, 0.4) is 0 Å². The predicted molar refractivity (Wildman–Crippen MR) is 115 cm³/mol. The molecule has 0 spiro atoms. The van der Waals surface area contributed by atoms with E-state index in [0.717, 1.165) is 26.3 Å². The van der Waals surface area contributed by atoms with Crippen LogP contribution in [0.5, 0.6) is 11.6 Å². The summed E-state index contributed by atoms with van der Waals surface area (Å²) in [5.74, 6) is -3.30. The first kappa shape index (κ1) is 26.8. The number of halogens is 4. The number of esters is 1. The van der Waals surface area contributed by atoms with E-state index in [0.29, 0.717) is 6.08 Å². The van der Waals surface area contributed by atoms with Crippen LogP contribution in [0.1, 0.15) is 11.7 Å². The second-order valence-corrected chi connectivity index (χ2v) is 7.19. The zero-order valence-electron chi connectivity index (χ0n) is 18.9. The molecular formula is C21H16F4N4O8. The molecule has 196 valence electrons. The lowest BCUT2D eigenvalue weighted by atomic mass is 10.2. The van der Waals surface area contributed by atoms with Gasteiger partial charge in [-0.05, 0) is 18.2 Å². The highest BCUT2D eigenvalue weighted by Gasteiger charge is 2.36. The minimum atomic E-state index is -5.04. The summed E-state index contributed by atoms with van der Waals surface area (Å²) in [6, 6.07) is 0.787. The van der Waals surface area contributed by atoms with Gasteiger partial charge in [-0.15, -0.1) is 0 Å². The number of allylic oxidation sites excluding steroid dienone is 4. The number of methoxy groups -OCH3 is 1. The number of hydrogen-bond donors (Lipinski definition) is 0. The largest absolute Gasteiger partial charge is 0.466 e. The lowest BCUT2D eigenvalue weighted by Gasteiger charge is -2.17. The number of ether oxygens (including phenoxy) is 3. The standard InChI is InChI=1S/C21H16F4N4O8/c1-27-16(21(23,24)25)9-17(30)28(20(27)32)12-5-6-14(13(29(33)34)8-11(12)22)37-15-4-3-7-26-19(15)36-10-18(31)35-2/h3-9,12H,10H2,1-2H3. The van der Waals surface area contributed by atoms with Crippen molar-refractivity contribution in [2.45, 2.75) is 12.2 Å². The van der Waals surface area contributed by atoms with Gasteiger partial charge in [0.2, 0.25) is 5.76 Å². The second-order valence-electron chi connectivity index (χ2n) is 7.19. The monoisotopic (exact) mass is 528 g/mol. The summed E-state index contributed by atoms with van der Waals surface area (Å²) >= 11 is 0. The van der Waals surface area contributed by atoms with Crippen molar-refractivity contribution in [1.82, 2.24) is 14.1 Å². The van der Waals surface area contributed by atoms with E-state index in [9.17, 15) is 37.7 Å². The molecule has 0 bridgehead atoms. The first-order valence-electron chi connectivity index (χ1n) is 10.0. The summed E-state index contributed by atoms with van der Waals surface area (Å²) in [4.78, 5) is 50.7. The first-order valence-corrected chi connectivity index (χ1v) is 10.0. The lowest BCUT2D eigenvalue weighted by molar-refractivity contribution is -0.421. The molecule has 3 rings (SSSR count). The van der Waals surface area contributed by atoms with Crippen LogP contribution in [-0.4, -0.2) is 38.7 Å². The predicted octanol–water partition coefficient (Wildman–Crippen LogP) is 2.04. The maximum Gasteiger partial charge on any atom is 0.431 e. The number of pyridine rings is 1. The first-order chi connectivity index (χ1) is 17.3. The van der Waals surface area contributed by atoms with Crippen LogP contribution < -0.4 is 20.7 Å². The van der Waals surface area contributed by atoms with Gasteiger partial charge in [0.15, 0.2) is 12.4 Å². The highest BCUT2D eigenvalue weighted by molar-refractivity contribution is 5.70. The van der Waals surface area contributed by atoms with Gasteiger partial charge in [0.1, 0.15) is 17.6 Å². The van der Waals surface area contributed by atoms with Gasteiger partial charge in [0.25, 0.3) is 11.4 Å². The van der Waals surface area contributed by atoms with Crippen LogP contribution in [-0.2, 0) is 22.8 Å². The Bertz CT molecular complexity index is 1460. The summed E-state index contributed by atoms with van der Waals surface area (Å²) < 4.78 is 69.8. The zero-order chi connectivity index (χ0) is 27.5. The molecule has 0 saturated heterocycles. The number of rotatable bonds is 7. The Balaban J connectivity index is 2.06. The van der Waals surface area contributed by atoms with Crippen molar-refractivity contribution < 1.29 is 41.5 Å². The molecule has 1 atom stereocenters. The minimum Gasteiger partial charge on any atom is -0.466 e. The normalized spacial score (nSPS) is 15.6. The molecular weight excluding hydrogens is 512 g/mol. The molecule has 12 nitrogen and oxygen atoms in total. The van der Waals surface area contributed by atoms with Crippen molar-refractivity contribution >= 4 is 5.97 Å². The van der Waals surface area contributed by atoms with Crippen molar-refractivity contribution in [3.05, 3.63) is 96.6 Å². The van der Waals surface area contributed by atoms with E-state index < -0.39 is 63.9 Å². The maximum absolute atomic E-state index is 15.1. The second kappa shape index (κ2) is 10.5. The van der Waals surface area contributed by atoms with Crippen LogP contribution in [0.2, 0.25) is 0 Å². The van der Waals surface area contributed by atoms with E-state index >= 15 is 4.39 Å². The topological polar surface area (TPSA) is 145 Å². The van der Waals surface area contributed by atoms with Gasteiger partial charge in [-0.3, -0.25) is 19.5 Å². The molecule has 0 aromatic carbocycles. The number of nitro groups is 1. The smallest absolute Gasteiger partial charge is 0.431 e. The highest BCUT2D eigenvalue weighted by atomic mass is 19.4. The van der Waals surface area contributed by atoms with E-state index in [-0.39, 0.29) is 26.8 Å². The Morgan fingerprint density at radius 1 is 1.30 bits per heavy atom. The van der Waals surface area contributed by atoms with Gasteiger partial charge in [-0.1, -0.05) is 6.08 Å². The van der Waals surface area contributed by atoms with E-state index in [1.165, 1.54) is 18.3 Å². The van der Waals surface area contributed by atoms with Crippen molar-refractivity contribution in [3.63, 3.8) is 0 Å². The number of alkyl halides is 3. The average Bonchev–Trinajstić information content (AvgIpc) is 2.99. The van der Waals surface area contributed by atoms with Crippen molar-refractivity contribution in [2.24, 2.45) is 7.05 Å². The van der Waals surface area contributed by atoms with E-state index in [1.807, 2.05) is 0 Å². The van der Waals surface area contributed by atoms with Crippen molar-refractivity contribution in [1.29, 1.82) is 0 Å². The van der Waals surface area contributed by atoms with Gasteiger partial charge in [-0.2, -0.15) is 13.2 Å². The van der Waals surface area contributed by atoms with E-state index in [4.69, 9.17) is 9.47 Å². The van der Waals surface area contributed by atoms with Crippen LogP contribution >= 0.6 is 0 Å². The van der Waals surface area contributed by atoms with Gasteiger partial charge in [0.05, 0.1) is 18.1 Å². The third-order valence-corrected chi connectivity index (χ3v) is 4.87. The van der Waals surface area contributed by atoms with Gasteiger partial charge < -0.3 is 14.2 Å². The number of carbonyl (C=O) groups is 1. The summed E-state index contributed by atoms with van der Waals surface area (Å²) in [5.41, 5.74) is -5.54. The Labute approximate surface area is 203 Å². The molecule has 2 aromatic rings. The molecule has 1 aliphatic rings. The fourth-order valence-electron chi connectivity index (χ4n) is 3.12. The molecule has 2 heterocycles.